The molecule has 0 heterocycles. The van der Waals surface area contributed by atoms with E-state index in [9.17, 15) is 0 Å². The maximum atomic E-state index is 6.74. The Kier molecular flexibility index (Phi) is 10.4. The Morgan fingerprint density at radius 3 is 2.19 bits per heavy atom. The molecule has 2 N–H and O–H groups in total. The van der Waals surface area contributed by atoms with Gasteiger partial charge in [-0.2, -0.15) is 0 Å². The maximum absolute atomic E-state index is 6.74. The van der Waals surface area contributed by atoms with Gasteiger partial charge in [0.15, 0.2) is 0 Å². The summed E-state index contributed by atoms with van der Waals surface area (Å²) in [6.45, 7) is 2.26. The third kappa shape index (κ3) is 7.94. The normalized spacial score (nSPS) is 25.8. The lowest BCUT2D eigenvalue weighted by Crippen LogP contribution is -2.34. The van der Waals surface area contributed by atoms with Gasteiger partial charge in [0.25, 0.3) is 0 Å². The molecule has 2 unspecified atom stereocenters. The third-order valence-electron chi connectivity index (χ3n) is 6.33. The van der Waals surface area contributed by atoms with Gasteiger partial charge in [-0.15, -0.1) is 0 Å². The lowest BCUT2D eigenvalue weighted by Gasteiger charge is -2.34. The SMILES string of the molecule is CCCCCCC1C(OC2CCC(I)CC2)=CC(c2ccccccccc2)=CC1N. The van der Waals surface area contributed by atoms with Crippen LogP contribution in [0.5, 0.6) is 0 Å². The zero-order chi connectivity index (χ0) is 21.9. The molecule has 2 aliphatic carbocycles. The van der Waals surface area contributed by atoms with Crippen molar-refractivity contribution in [1.82, 2.24) is 0 Å². The number of rotatable bonds is 8. The van der Waals surface area contributed by atoms with Crippen LogP contribution in [0.1, 0.15) is 70.3 Å². The molecule has 31 heavy (non-hydrogen) atoms. The maximum Gasteiger partial charge on any atom is 0.102 e. The van der Waals surface area contributed by atoms with Crippen molar-refractivity contribution in [1.29, 1.82) is 0 Å². The summed E-state index contributed by atoms with van der Waals surface area (Å²) in [6, 6.07) is 18.8. The molecule has 3 heteroatoms. The fourth-order valence-electron chi connectivity index (χ4n) is 4.47. The molecule has 0 saturated heterocycles. The Balaban J connectivity index is 1.84. The highest BCUT2D eigenvalue weighted by Gasteiger charge is 2.29. The molecule has 2 aliphatic rings. The highest BCUT2D eigenvalue weighted by Crippen LogP contribution is 2.36. The van der Waals surface area contributed by atoms with E-state index in [-0.39, 0.29) is 6.04 Å². The van der Waals surface area contributed by atoms with Crippen molar-refractivity contribution < 1.29 is 4.74 Å². The Morgan fingerprint density at radius 1 is 0.903 bits per heavy atom. The van der Waals surface area contributed by atoms with Gasteiger partial charge in [-0.1, -0.05) is 116 Å². The van der Waals surface area contributed by atoms with Gasteiger partial charge in [-0.05, 0) is 49.3 Å². The second-order valence-electron chi connectivity index (χ2n) is 8.83. The molecule has 0 aliphatic heterocycles. The Hall–Kier alpha value is -1.33. The van der Waals surface area contributed by atoms with E-state index in [1.54, 1.807) is 0 Å². The van der Waals surface area contributed by atoms with E-state index < -0.39 is 0 Å². The first-order valence-corrected chi connectivity index (χ1v) is 13.3. The summed E-state index contributed by atoms with van der Waals surface area (Å²) in [6.07, 6.45) is 15.9. The Morgan fingerprint density at radius 2 is 1.55 bits per heavy atom. The van der Waals surface area contributed by atoms with Crippen LogP contribution in [0, 0.1) is 5.92 Å². The number of halogens is 1. The molecule has 3 rings (SSSR count). The average Bonchev–Trinajstić information content (AvgIpc) is 2.77. The molecule has 0 aromatic heterocycles. The lowest BCUT2D eigenvalue weighted by molar-refractivity contribution is 0.0613. The first-order chi connectivity index (χ1) is 15.2. The molecule has 1 fully saturated rings. The molecule has 1 aromatic carbocycles. The van der Waals surface area contributed by atoms with Crippen molar-refractivity contribution >= 4 is 28.2 Å². The van der Waals surface area contributed by atoms with Crippen LogP contribution in [-0.2, 0) is 4.74 Å². The monoisotopic (exact) mass is 531 g/mol. The lowest BCUT2D eigenvalue weighted by atomic mass is 9.84. The highest BCUT2D eigenvalue weighted by molar-refractivity contribution is 14.1. The molecule has 0 amide bonds. The van der Waals surface area contributed by atoms with E-state index in [0.29, 0.717) is 12.0 Å². The summed E-state index contributed by atoms with van der Waals surface area (Å²) < 4.78 is 7.48. The molecule has 2 atom stereocenters. The number of allylic oxidation sites excluding steroid dienone is 2. The van der Waals surface area contributed by atoms with E-state index in [4.69, 9.17) is 10.5 Å². The summed E-state index contributed by atoms with van der Waals surface area (Å²) in [7, 11) is 0. The van der Waals surface area contributed by atoms with Crippen molar-refractivity contribution in [3.05, 3.63) is 78.1 Å². The molecule has 2 nitrogen and oxygen atoms in total. The van der Waals surface area contributed by atoms with E-state index in [0.717, 1.165) is 28.9 Å². The first kappa shape index (κ1) is 24.3. The molecular formula is C28H38INO. The van der Waals surface area contributed by atoms with Crippen molar-refractivity contribution in [2.75, 3.05) is 0 Å². The molecular weight excluding hydrogens is 493 g/mol. The van der Waals surface area contributed by atoms with Gasteiger partial charge in [-0.25, -0.2) is 0 Å². The van der Waals surface area contributed by atoms with Gasteiger partial charge in [-0.3, -0.25) is 0 Å². The molecule has 1 saturated carbocycles. The number of nitrogens with two attached hydrogens (primary N) is 1. The van der Waals surface area contributed by atoms with Crippen LogP contribution < -0.4 is 5.73 Å². The minimum absolute atomic E-state index is 0.00154. The molecule has 0 bridgehead atoms. The van der Waals surface area contributed by atoms with E-state index in [1.807, 2.05) is 18.2 Å². The minimum atomic E-state index is 0.00154. The van der Waals surface area contributed by atoms with Gasteiger partial charge in [0.2, 0.25) is 0 Å². The topological polar surface area (TPSA) is 35.2 Å². The molecule has 1 aromatic rings. The number of hydrogen-bond acceptors (Lipinski definition) is 2. The van der Waals surface area contributed by atoms with Gasteiger partial charge < -0.3 is 10.5 Å². The Bertz CT molecular complexity index is 768. The molecule has 168 valence electrons. The van der Waals surface area contributed by atoms with Crippen LogP contribution in [-0.4, -0.2) is 16.1 Å². The van der Waals surface area contributed by atoms with Gasteiger partial charge in [0.05, 0.1) is 6.10 Å². The van der Waals surface area contributed by atoms with Crippen molar-refractivity contribution in [2.24, 2.45) is 11.7 Å². The quantitative estimate of drug-likeness (QED) is 0.211. The summed E-state index contributed by atoms with van der Waals surface area (Å²) in [5.74, 6) is 1.41. The number of hydrogen-bond donors (Lipinski definition) is 1. The summed E-state index contributed by atoms with van der Waals surface area (Å²) in [5.41, 5.74) is 9.09. The van der Waals surface area contributed by atoms with Crippen LogP contribution in [0.15, 0.2) is 72.5 Å². The largest absolute Gasteiger partial charge is 0.494 e. The van der Waals surface area contributed by atoms with Crippen LogP contribution in [0.4, 0.5) is 0 Å². The predicted molar refractivity (Wildman–Crippen MR) is 142 cm³/mol. The number of unbranched alkanes of at least 4 members (excludes halogenated alkanes) is 3. The summed E-state index contributed by atoms with van der Waals surface area (Å²) in [4.78, 5) is 0. The van der Waals surface area contributed by atoms with Gasteiger partial charge in [0, 0.05) is 15.9 Å². The van der Waals surface area contributed by atoms with E-state index in [1.165, 1.54) is 49.7 Å². The Labute approximate surface area is 202 Å². The minimum Gasteiger partial charge on any atom is -0.494 e. The van der Waals surface area contributed by atoms with Crippen LogP contribution >= 0.6 is 22.6 Å². The van der Waals surface area contributed by atoms with Crippen molar-refractivity contribution in [3.8, 4) is 0 Å². The van der Waals surface area contributed by atoms with E-state index >= 15 is 0 Å². The smallest absolute Gasteiger partial charge is 0.102 e. The van der Waals surface area contributed by atoms with Crippen molar-refractivity contribution in [3.63, 3.8) is 0 Å². The predicted octanol–water partition coefficient (Wildman–Crippen LogP) is 7.77. The van der Waals surface area contributed by atoms with Gasteiger partial charge in [0.1, 0.15) is 5.76 Å². The zero-order valence-corrected chi connectivity index (χ0v) is 21.0. The fourth-order valence-corrected chi connectivity index (χ4v) is 5.19. The number of alkyl halides is 1. The first-order valence-electron chi connectivity index (χ1n) is 12.1. The zero-order valence-electron chi connectivity index (χ0n) is 18.9. The summed E-state index contributed by atoms with van der Waals surface area (Å²) in [5, 5.41) is 0. The molecule has 0 spiro atoms. The molecule has 0 radical (unpaired) electrons. The third-order valence-corrected chi connectivity index (χ3v) is 7.57. The van der Waals surface area contributed by atoms with Crippen LogP contribution in [0.25, 0.3) is 5.57 Å². The van der Waals surface area contributed by atoms with Crippen molar-refractivity contribution in [2.45, 2.75) is 80.8 Å². The highest BCUT2D eigenvalue weighted by atomic mass is 127. The van der Waals surface area contributed by atoms with Crippen LogP contribution in [0.3, 0.4) is 0 Å². The average molecular weight is 532 g/mol. The fraction of sp³-hybridized carbons (Fsp3) is 0.500. The van der Waals surface area contributed by atoms with Crippen LogP contribution in [0.2, 0.25) is 0 Å². The number of ether oxygens (including phenoxy) is 1. The second kappa shape index (κ2) is 13.3. The van der Waals surface area contributed by atoms with Gasteiger partial charge >= 0.3 is 0 Å². The second-order valence-corrected chi connectivity index (χ2v) is 10.6. The standard InChI is InChI=1S/C28H38INO/c1-2-3-4-12-15-26-27(30)20-23(22-13-10-8-6-5-7-9-11-14-22)21-28(26)31-25-18-16-24(29)17-19-25/h5-11,13-14,20-21,24-27H,2-4,12,15-19,30H2,1H3. The van der Waals surface area contributed by atoms with E-state index in [2.05, 4.69) is 78.1 Å². The summed E-state index contributed by atoms with van der Waals surface area (Å²) >= 11 is 2.59.